The predicted octanol–water partition coefficient (Wildman–Crippen LogP) is 2.57. The molecule has 150 valence electrons. The molecule has 0 bridgehead atoms. The molecule has 2 aliphatic rings. The summed E-state index contributed by atoms with van der Waals surface area (Å²) in [6.45, 7) is 3.34. The van der Waals surface area contributed by atoms with Crippen LogP contribution >= 0.6 is 0 Å². The van der Waals surface area contributed by atoms with Gasteiger partial charge in [-0.15, -0.1) is 0 Å². The second kappa shape index (κ2) is 9.35. The van der Waals surface area contributed by atoms with Gasteiger partial charge in [-0.2, -0.15) is 0 Å². The number of aromatic nitrogens is 1. The molecular weight excluding hydrogens is 344 g/mol. The van der Waals surface area contributed by atoms with Gasteiger partial charge in [-0.05, 0) is 44.9 Å². The van der Waals surface area contributed by atoms with Crippen LogP contribution in [0.25, 0.3) is 0 Å². The van der Waals surface area contributed by atoms with Crippen molar-refractivity contribution in [3.8, 4) is 0 Å². The number of carbonyl (C=O) groups is 2. The maximum atomic E-state index is 12.4. The van der Waals surface area contributed by atoms with E-state index in [1.54, 1.807) is 6.07 Å². The second-order valence-electron chi connectivity index (χ2n) is 7.85. The highest BCUT2D eigenvalue weighted by atomic mass is 16.5. The van der Waals surface area contributed by atoms with Crippen LogP contribution in [0.4, 0.5) is 0 Å². The Labute approximate surface area is 161 Å². The lowest BCUT2D eigenvalue weighted by Crippen LogP contribution is -2.47. The van der Waals surface area contributed by atoms with Crippen molar-refractivity contribution >= 4 is 11.8 Å². The van der Waals surface area contributed by atoms with Gasteiger partial charge in [0.25, 0.3) is 5.91 Å². The standard InChI is InChI=1S/C20H32N4O3/c1-2-3-12-24(19(25)10-11-21)16-8-6-15(7-9-16)22-20(26)17-13-18(27-23-17)14-4-5-14/h13-16H,2-12,21H2,1H3,(H,22,26)/t15-,16+. The lowest BCUT2D eigenvalue weighted by molar-refractivity contribution is -0.134. The number of hydrogen-bond acceptors (Lipinski definition) is 5. The molecule has 2 saturated carbocycles. The molecular formula is C20H32N4O3. The van der Waals surface area contributed by atoms with E-state index >= 15 is 0 Å². The first-order chi connectivity index (χ1) is 13.1. The van der Waals surface area contributed by atoms with E-state index in [2.05, 4.69) is 17.4 Å². The summed E-state index contributed by atoms with van der Waals surface area (Å²) in [5.74, 6) is 1.29. The number of nitrogens with one attached hydrogen (secondary N) is 1. The van der Waals surface area contributed by atoms with Crippen LogP contribution in [0, 0.1) is 0 Å². The average Bonchev–Trinajstić information content (AvgIpc) is 3.40. The molecule has 3 rings (SSSR count). The molecule has 0 radical (unpaired) electrons. The molecule has 7 nitrogen and oxygen atoms in total. The van der Waals surface area contributed by atoms with Crippen molar-refractivity contribution in [1.82, 2.24) is 15.4 Å². The molecule has 0 atom stereocenters. The first-order valence-electron chi connectivity index (χ1n) is 10.4. The minimum Gasteiger partial charge on any atom is -0.360 e. The van der Waals surface area contributed by atoms with Crippen molar-refractivity contribution in [2.24, 2.45) is 5.73 Å². The summed E-state index contributed by atoms with van der Waals surface area (Å²) in [7, 11) is 0. The quantitative estimate of drug-likeness (QED) is 0.690. The van der Waals surface area contributed by atoms with Crippen LogP contribution in [0.2, 0.25) is 0 Å². The van der Waals surface area contributed by atoms with Crippen LogP contribution in [-0.4, -0.2) is 47.0 Å². The van der Waals surface area contributed by atoms with Gasteiger partial charge >= 0.3 is 0 Å². The molecule has 3 N–H and O–H groups in total. The SMILES string of the molecule is CCCCN(C(=O)CCN)[C@H]1CC[C@@H](NC(=O)c2cc(C3CC3)on2)CC1. The van der Waals surface area contributed by atoms with E-state index in [9.17, 15) is 9.59 Å². The first-order valence-corrected chi connectivity index (χ1v) is 10.4. The van der Waals surface area contributed by atoms with Gasteiger partial charge in [-0.25, -0.2) is 0 Å². The van der Waals surface area contributed by atoms with E-state index in [1.165, 1.54) is 0 Å². The zero-order chi connectivity index (χ0) is 19.2. The predicted molar refractivity (Wildman–Crippen MR) is 102 cm³/mol. The Kier molecular flexibility index (Phi) is 6.88. The summed E-state index contributed by atoms with van der Waals surface area (Å²) >= 11 is 0. The summed E-state index contributed by atoms with van der Waals surface area (Å²) in [5.41, 5.74) is 5.95. The first kappa shape index (κ1) is 19.9. The minimum atomic E-state index is -0.156. The summed E-state index contributed by atoms with van der Waals surface area (Å²) in [6.07, 6.45) is 8.32. The Morgan fingerprint density at radius 3 is 2.63 bits per heavy atom. The Morgan fingerprint density at radius 2 is 2.00 bits per heavy atom. The molecule has 27 heavy (non-hydrogen) atoms. The fourth-order valence-electron chi connectivity index (χ4n) is 3.85. The van der Waals surface area contributed by atoms with Crippen LogP contribution < -0.4 is 11.1 Å². The van der Waals surface area contributed by atoms with Crippen LogP contribution in [0.3, 0.4) is 0 Å². The van der Waals surface area contributed by atoms with E-state index in [-0.39, 0.29) is 23.9 Å². The fourth-order valence-corrected chi connectivity index (χ4v) is 3.85. The van der Waals surface area contributed by atoms with E-state index < -0.39 is 0 Å². The Morgan fingerprint density at radius 1 is 1.26 bits per heavy atom. The summed E-state index contributed by atoms with van der Waals surface area (Å²) < 4.78 is 5.27. The van der Waals surface area contributed by atoms with E-state index in [0.717, 1.165) is 63.7 Å². The van der Waals surface area contributed by atoms with Crippen molar-refractivity contribution in [3.63, 3.8) is 0 Å². The molecule has 2 aliphatic carbocycles. The lowest BCUT2D eigenvalue weighted by Gasteiger charge is -2.37. The summed E-state index contributed by atoms with van der Waals surface area (Å²) in [6, 6.07) is 2.17. The second-order valence-corrected chi connectivity index (χ2v) is 7.85. The van der Waals surface area contributed by atoms with Crippen molar-refractivity contribution in [2.75, 3.05) is 13.1 Å². The van der Waals surface area contributed by atoms with E-state index in [4.69, 9.17) is 10.3 Å². The maximum Gasteiger partial charge on any atom is 0.273 e. The van der Waals surface area contributed by atoms with Crippen molar-refractivity contribution < 1.29 is 14.1 Å². The van der Waals surface area contributed by atoms with Crippen molar-refractivity contribution in [2.45, 2.75) is 82.7 Å². The molecule has 0 unspecified atom stereocenters. The van der Waals surface area contributed by atoms with Gasteiger partial charge in [0.1, 0.15) is 5.76 Å². The van der Waals surface area contributed by atoms with Gasteiger partial charge in [0, 0.05) is 43.6 Å². The highest BCUT2D eigenvalue weighted by Crippen LogP contribution is 2.40. The number of carbonyl (C=O) groups excluding carboxylic acids is 2. The molecule has 2 fully saturated rings. The van der Waals surface area contributed by atoms with Crippen molar-refractivity contribution in [3.05, 3.63) is 17.5 Å². The normalized spacial score (nSPS) is 22.4. The summed E-state index contributed by atoms with van der Waals surface area (Å²) in [5, 5.41) is 6.99. The molecule has 0 aromatic carbocycles. The molecule has 0 spiro atoms. The third kappa shape index (κ3) is 5.31. The Balaban J connectivity index is 1.49. The Hall–Kier alpha value is -1.89. The van der Waals surface area contributed by atoms with Gasteiger partial charge in [0.2, 0.25) is 5.91 Å². The number of rotatable bonds is 9. The fraction of sp³-hybridized carbons (Fsp3) is 0.750. The van der Waals surface area contributed by atoms with Crippen LogP contribution in [0.5, 0.6) is 0 Å². The number of unbranched alkanes of at least 4 members (excludes halogenated alkanes) is 1. The van der Waals surface area contributed by atoms with Gasteiger partial charge in [0.05, 0.1) is 0 Å². The molecule has 7 heteroatoms. The van der Waals surface area contributed by atoms with Crippen LogP contribution in [-0.2, 0) is 4.79 Å². The number of hydrogen-bond donors (Lipinski definition) is 2. The molecule has 2 amide bonds. The van der Waals surface area contributed by atoms with Crippen LogP contribution in [0.1, 0.15) is 86.9 Å². The molecule has 0 saturated heterocycles. The lowest BCUT2D eigenvalue weighted by atomic mass is 9.89. The van der Waals surface area contributed by atoms with Gasteiger partial charge in [-0.1, -0.05) is 18.5 Å². The highest BCUT2D eigenvalue weighted by molar-refractivity contribution is 5.92. The van der Waals surface area contributed by atoms with Crippen LogP contribution in [0.15, 0.2) is 10.6 Å². The number of amides is 2. The average molecular weight is 377 g/mol. The van der Waals surface area contributed by atoms with Gasteiger partial charge < -0.3 is 20.5 Å². The highest BCUT2D eigenvalue weighted by Gasteiger charge is 2.31. The number of nitrogens with zero attached hydrogens (tertiary/aromatic N) is 2. The van der Waals surface area contributed by atoms with E-state index in [0.29, 0.717) is 24.6 Å². The number of nitrogens with two attached hydrogens (primary N) is 1. The topological polar surface area (TPSA) is 101 Å². The Bertz CT molecular complexity index is 633. The van der Waals surface area contributed by atoms with E-state index in [1.807, 2.05) is 4.90 Å². The molecule has 0 aliphatic heterocycles. The van der Waals surface area contributed by atoms with Gasteiger partial charge in [0.15, 0.2) is 5.69 Å². The zero-order valence-corrected chi connectivity index (χ0v) is 16.3. The molecule has 1 aromatic heterocycles. The monoisotopic (exact) mass is 376 g/mol. The third-order valence-electron chi connectivity index (χ3n) is 5.64. The van der Waals surface area contributed by atoms with Gasteiger partial charge in [-0.3, -0.25) is 9.59 Å². The summed E-state index contributed by atoms with van der Waals surface area (Å²) in [4.78, 5) is 26.8. The maximum absolute atomic E-state index is 12.4. The zero-order valence-electron chi connectivity index (χ0n) is 16.3. The minimum absolute atomic E-state index is 0.132. The third-order valence-corrected chi connectivity index (χ3v) is 5.64. The smallest absolute Gasteiger partial charge is 0.273 e. The molecule has 1 heterocycles. The molecule has 1 aromatic rings. The largest absolute Gasteiger partial charge is 0.360 e. The van der Waals surface area contributed by atoms with Crippen molar-refractivity contribution in [1.29, 1.82) is 0 Å².